The van der Waals surface area contributed by atoms with Crippen LogP contribution in [-0.4, -0.2) is 103 Å². The van der Waals surface area contributed by atoms with Crippen LogP contribution < -0.4 is 5.32 Å². The second kappa shape index (κ2) is 8.86. The minimum atomic E-state index is -0.455. The van der Waals surface area contributed by atoms with Gasteiger partial charge in [0.15, 0.2) is 5.96 Å². The van der Waals surface area contributed by atoms with Crippen molar-refractivity contribution < 1.29 is 14.3 Å². The number of aliphatic imine (C=N–C) groups is 1. The van der Waals surface area contributed by atoms with Crippen LogP contribution in [0.5, 0.6) is 0 Å². The molecule has 3 atom stereocenters. The zero-order valence-electron chi connectivity index (χ0n) is 18.1. The monoisotopic (exact) mass is 395 g/mol. The Morgan fingerprint density at radius 2 is 1.93 bits per heavy atom. The van der Waals surface area contributed by atoms with Crippen LogP contribution in [0.25, 0.3) is 0 Å². The summed E-state index contributed by atoms with van der Waals surface area (Å²) in [6.45, 7) is 16.9. The molecule has 8 heteroatoms. The van der Waals surface area contributed by atoms with E-state index in [0.29, 0.717) is 25.3 Å². The minimum Gasteiger partial charge on any atom is -0.444 e. The van der Waals surface area contributed by atoms with Gasteiger partial charge >= 0.3 is 6.09 Å². The average Bonchev–Trinajstić information content (AvgIpc) is 2.98. The highest BCUT2D eigenvalue weighted by molar-refractivity contribution is 5.82. The maximum absolute atomic E-state index is 12.3. The van der Waals surface area contributed by atoms with Gasteiger partial charge in [-0.1, -0.05) is 0 Å². The van der Waals surface area contributed by atoms with E-state index in [1.54, 1.807) is 0 Å². The lowest BCUT2D eigenvalue weighted by Crippen LogP contribution is -2.57. The fourth-order valence-electron chi connectivity index (χ4n) is 4.19. The number of rotatable bonds is 4. The van der Waals surface area contributed by atoms with Gasteiger partial charge in [-0.25, -0.2) is 4.79 Å². The molecule has 3 aliphatic rings. The number of carbonyl (C=O) groups is 1. The highest BCUT2D eigenvalue weighted by Gasteiger charge is 2.36. The van der Waals surface area contributed by atoms with Crippen LogP contribution in [0.2, 0.25) is 0 Å². The van der Waals surface area contributed by atoms with Crippen LogP contribution in [0.1, 0.15) is 41.0 Å². The van der Waals surface area contributed by atoms with Crippen molar-refractivity contribution in [1.29, 1.82) is 0 Å². The zero-order valence-corrected chi connectivity index (χ0v) is 18.1. The van der Waals surface area contributed by atoms with E-state index in [9.17, 15) is 4.79 Å². The highest BCUT2D eigenvalue weighted by Crippen LogP contribution is 2.18. The molecule has 0 aromatic heterocycles. The molecule has 2 fully saturated rings. The molecule has 160 valence electrons. The van der Waals surface area contributed by atoms with E-state index >= 15 is 0 Å². The third-order valence-corrected chi connectivity index (χ3v) is 5.29. The molecule has 0 aromatic carbocycles. The van der Waals surface area contributed by atoms with E-state index in [1.807, 2.05) is 25.7 Å². The molecule has 0 aliphatic carbocycles. The molecule has 28 heavy (non-hydrogen) atoms. The van der Waals surface area contributed by atoms with Crippen LogP contribution >= 0.6 is 0 Å². The van der Waals surface area contributed by atoms with Crippen molar-refractivity contribution in [2.75, 3.05) is 52.4 Å². The lowest BCUT2D eigenvalue weighted by atomic mass is 10.2. The molecule has 0 spiro atoms. The quantitative estimate of drug-likeness (QED) is 0.725. The summed E-state index contributed by atoms with van der Waals surface area (Å²) in [5, 5.41) is 3.51. The second-order valence-corrected chi connectivity index (χ2v) is 9.24. The number of nitrogens with zero attached hydrogens (tertiary/aromatic N) is 4. The molecule has 3 aliphatic heterocycles. The Hall–Kier alpha value is -1.54. The van der Waals surface area contributed by atoms with E-state index in [4.69, 9.17) is 9.47 Å². The number of hydrogen-bond acceptors (Lipinski definition) is 7. The van der Waals surface area contributed by atoms with Gasteiger partial charge in [0.2, 0.25) is 0 Å². The zero-order chi connectivity index (χ0) is 20.3. The summed E-state index contributed by atoms with van der Waals surface area (Å²) in [6, 6.07) is 0.254. The number of hydrogen-bond donors (Lipinski definition) is 1. The van der Waals surface area contributed by atoms with E-state index < -0.39 is 5.60 Å². The number of carbonyl (C=O) groups excluding carboxylic acids is 1. The van der Waals surface area contributed by atoms with Gasteiger partial charge < -0.3 is 24.6 Å². The predicted molar refractivity (Wildman–Crippen MR) is 110 cm³/mol. The number of piperazine rings is 1. The molecular formula is C20H37N5O3. The lowest BCUT2D eigenvalue weighted by Gasteiger charge is -2.39. The van der Waals surface area contributed by atoms with E-state index in [0.717, 1.165) is 51.6 Å². The third kappa shape index (κ3) is 5.73. The molecule has 8 nitrogen and oxygen atoms in total. The number of amides is 1. The Morgan fingerprint density at radius 3 is 2.61 bits per heavy atom. The van der Waals surface area contributed by atoms with Gasteiger partial charge in [-0.2, -0.15) is 0 Å². The van der Waals surface area contributed by atoms with Gasteiger partial charge in [0.05, 0.1) is 24.8 Å². The smallest absolute Gasteiger partial charge is 0.410 e. The number of fused-ring (bicyclic) bond motifs is 1. The molecule has 0 aromatic rings. The maximum Gasteiger partial charge on any atom is 0.410 e. The summed E-state index contributed by atoms with van der Waals surface area (Å²) in [5.41, 5.74) is -0.455. The van der Waals surface area contributed by atoms with Crippen molar-refractivity contribution in [3.63, 3.8) is 0 Å². The van der Waals surface area contributed by atoms with E-state index in [-0.39, 0.29) is 12.1 Å². The average molecular weight is 396 g/mol. The van der Waals surface area contributed by atoms with Crippen molar-refractivity contribution in [3.8, 4) is 0 Å². The molecule has 0 radical (unpaired) electrons. The Kier molecular flexibility index (Phi) is 6.70. The first-order chi connectivity index (χ1) is 13.2. The normalized spacial score (nSPS) is 28.8. The summed E-state index contributed by atoms with van der Waals surface area (Å²) >= 11 is 0. The summed E-state index contributed by atoms with van der Waals surface area (Å²) in [4.78, 5) is 23.6. The second-order valence-electron chi connectivity index (χ2n) is 9.24. The van der Waals surface area contributed by atoms with E-state index in [2.05, 4.69) is 34.0 Å². The molecule has 1 amide bonds. The van der Waals surface area contributed by atoms with Gasteiger partial charge in [0.25, 0.3) is 0 Å². The molecular weight excluding hydrogens is 358 g/mol. The number of nitrogens with one attached hydrogen (secondary N) is 1. The summed E-state index contributed by atoms with van der Waals surface area (Å²) in [5.74, 6) is 0.984. The molecule has 2 saturated heterocycles. The summed E-state index contributed by atoms with van der Waals surface area (Å²) in [6.07, 6.45) is 1.50. The number of guanidine groups is 1. The lowest BCUT2D eigenvalue weighted by molar-refractivity contribution is -0.0679. The van der Waals surface area contributed by atoms with Gasteiger partial charge in [-0.15, -0.1) is 0 Å². The van der Waals surface area contributed by atoms with Crippen LogP contribution in [0.3, 0.4) is 0 Å². The van der Waals surface area contributed by atoms with Crippen LogP contribution in [0, 0.1) is 0 Å². The van der Waals surface area contributed by atoms with Crippen LogP contribution in [-0.2, 0) is 9.47 Å². The first kappa shape index (κ1) is 21.2. The fraction of sp³-hybridized carbons (Fsp3) is 0.900. The van der Waals surface area contributed by atoms with Crippen LogP contribution in [0.15, 0.2) is 4.99 Å². The predicted octanol–water partition coefficient (Wildman–Crippen LogP) is 1.37. The topological polar surface area (TPSA) is 69.6 Å². The standard InChI is InChI=1S/C20H37N5O3/c1-15-12-23(13-16(2)27-15)8-6-7-21-18-22-11-17-14-24(9-10-25(17)18)19(26)28-20(3,4)5/h15-17H,6-14H2,1-5H3,(H,21,22). The van der Waals surface area contributed by atoms with Crippen molar-refractivity contribution in [2.24, 2.45) is 4.99 Å². The summed E-state index contributed by atoms with van der Waals surface area (Å²) in [7, 11) is 0. The van der Waals surface area contributed by atoms with Crippen LogP contribution in [0.4, 0.5) is 4.79 Å². The maximum atomic E-state index is 12.3. The Morgan fingerprint density at radius 1 is 1.21 bits per heavy atom. The molecule has 3 rings (SSSR count). The fourth-order valence-corrected chi connectivity index (χ4v) is 4.19. The van der Waals surface area contributed by atoms with Crippen molar-refractivity contribution in [2.45, 2.75) is 64.9 Å². The molecule has 3 unspecified atom stereocenters. The molecule has 1 N–H and O–H groups in total. The van der Waals surface area contributed by atoms with Crippen molar-refractivity contribution >= 4 is 12.1 Å². The van der Waals surface area contributed by atoms with Gasteiger partial charge in [-0.3, -0.25) is 9.89 Å². The van der Waals surface area contributed by atoms with E-state index in [1.165, 1.54) is 0 Å². The van der Waals surface area contributed by atoms with Crippen molar-refractivity contribution in [3.05, 3.63) is 0 Å². The Labute approximate surface area is 169 Å². The largest absolute Gasteiger partial charge is 0.444 e. The number of morpholine rings is 1. The molecule has 3 heterocycles. The first-order valence-electron chi connectivity index (χ1n) is 10.6. The molecule has 0 bridgehead atoms. The first-order valence-corrected chi connectivity index (χ1v) is 10.6. The van der Waals surface area contributed by atoms with Gasteiger partial charge in [0.1, 0.15) is 5.60 Å². The van der Waals surface area contributed by atoms with Crippen molar-refractivity contribution in [1.82, 2.24) is 20.0 Å². The SMILES string of the molecule is CC1CN(CCCNC2=NCC3CN(C(=O)OC(C)(C)C)CCN23)CC(C)O1. The highest BCUT2D eigenvalue weighted by atomic mass is 16.6. The van der Waals surface area contributed by atoms with Gasteiger partial charge in [0, 0.05) is 45.8 Å². The minimum absolute atomic E-state index is 0.220. The number of ether oxygens (including phenoxy) is 2. The third-order valence-electron chi connectivity index (χ3n) is 5.29. The Balaban J connectivity index is 1.37. The summed E-state index contributed by atoms with van der Waals surface area (Å²) < 4.78 is 11.3. The molecule has 0 saturated carbocycles. The van der Waals surface area contributed by atoms with Gasteiger partial charge in [-0.05, 0) is 41.0 Å². The Bertz CT molecular complexity index is 567.